The minimum absolute atomic E-state index is 0.422. The second-order valence-electron chi connectivity index (χ2n) is 5.59. The van der Waals surface area contributed by atoms with Gasteiger partial charge in [0.25, 0.3) is 0 Å². The van der Waals surface area contributed by atoms with E-state index in [2.05, 4.69) is 13.8 Å². The van der Waals surface area contributed by atoms with Crippen molar-refractivity contribution in [1.29, 1.82) is 0 Å². The molecule has 0 radical (unpaired) electrons. The standard InChI is InChI=1S/C17H19ClO3S/c1-11(2)10-21-13-5-3-4-12(8-13)9-14(17(19)20)15-6-7-16(18)22-15/h3-8,11,14H,9-10H2,1-2H3,(H,19,20). The van der Waals surface area contributed by atoms with Crippen LogP contribution >= 0.6 is 22.9 Å². The van der Waals surface area contributed by atoms with Crippen LogP contribution in [0.4, 0.5) is 0 Å². The maximum absolute atomic E-state index is 11.5. The number of thiophene rings is 1. The van der Waals surface area contributed by atoms with Gasteiger partial charge in [0.15, 0.2) is 0 Å². The summed E-state index contributed by atoms with van der Waals surface area (Å²) in [4.78, 5) is 12.3. The summed E-state index contributed by atoms with van der Waals surface area (Å²) in [5.41, 5.74) is 0.943. The quantitative estimate of drug-likeness (QED) is 0.785. The molecule has 2 rings (SSSR count). The van der Waals surface area contributed by atoms with Crippen molar-refractivity contribution in [2.75, 3.05) is 6.61 Å². The van der Waals surface area contributed by atoms with Crippen LogP contribution < -0.4 is 4.74 Å². The lowest BCUT2D eigenvalue weighted by molar-refractivity contribution is -0.138. The van der Waals surface area contributed by atoms with Gasteiger partial charge in [-0.3, -0.25) is 4.79 Å². The summed E-state index contributed by atoms with van der Waals surface area (Å²) >= 11 is 7.23. The van der Waals surface area contributed by atoms with Gasteiger partial charge in [-0.2, -0.15) is 0 Å². The largest absolute Gasteiger partial charge is 0.493 e. The van der Waals surface area contributed by atoms with E-state index in [1.165, 1.54) is 11.3 Å². The molecule has 0 saturated heterocycles. The summed E-state index contributed by atoms with van der Waals surface area (Å²) in [6, 6.07) is 11.1. The van der Waals surface area contributed by atoms with Gasteiger partial charge in [-0.25, -0.2) is 0 Å². The summed E-state index contributed by atoms with van der Waals surface area (Å²) in [5, 5.41) is 9.48. The van der Waals surface area contributed by atoms with Crippen molar-refractivity contribution < 1.29 is 14.6 Å². The van der Waals surface area contributed by atoms with E-state index in [-0.39, 0.29) is 0 Å². The number of ether oxygens (including phenoxy) is 1. The summed E-state index contributed by atoms with van der Waals surface area (Å²) < 4.78 is 6.30. The number of benzene rings is 1. The molecule has 0 aliphatic carbocycles. The molecule has 22 heavy (non-hydrogen) atoms. The molecule has 1 unspecified atom stereocenters. The third kappa shape index (κ3) is 4.75. The molecule has 0 aliphatic rings. The highest BCUT2D eigenvalue weighted by atomic mass is 35.5. The lowest BCUT2D eigenvalue weighted by Crippen LogP contribution is -2.13. The van der Waals surface area contributed by atoms with Crippen molar-refractivity contribution in [2.45, 2.75) is 26.2 Å². The molecular weight excluding hydrogens is 320 g/mol. The van der Waals surface area contributed by atoms with Gasteiger partial charge < -0.3 is 9.84 Å². The molecule has 0 fully saturated rings. The molecule has 0 saturated carbocycles. The molecule has 118 valence electrons. The van der Waals surface area contributed by atoms with Gasteiger partial charge in [0, 0.05) is 4.88 Å². The molecule has 1 aromatic heterocycles. The number of carboxylic acid groups (broad SMARTS) is 1. The fourth-order valence-corrected chi connectivity index (χ4v) is 3.24. The molecule has 5 heteroatoms. The molecule has 3 nitrogen and oxygen atoms in total. The third-order valence-electron chi connectivity index (χ3n) is 3.16. The van der Waals surface area contributed by atoms with Crippen LogP contribution in [0, 0.1) is 5.92 Å². The van der Waals surface area contributed by atoms with Crippen LogP contribution in [0.2, 0.25) is 4.34 Å². The first kappa shape index (κ1) is 16.8. The molecule has 1 aromatic carbocycles. The van der Waals surface area contributed by atoms with Crippen LogP contribution in [-0.4, -0.2) is 17.7 Å². The van der Waals surface area contributed by atoms with E-state index in [0.29, 0.717) is 23.3 Å². The van der Waals surface area contributed by atoms with Crippen LogP contribution in [0.15, 0.2) is 36.4 Å². The molecule has 1 atom stereocenters. The van der Waals surface area contributed by atoms with E-state index in [1.54, 1.807) is 12.1 Å². The van der Waals surface area contributed by atoms with Crippen molar-refractivity contribution in [1.82, 2.24) is 0 Å². The number of aliphatic carboxylic acids is 1. The van der Waals surface area contributed by atoms with Gasteiger partial charge >= 0.3 is 5.97 Å². The first-order chi connectivity index (χ1) is 10.5. The van der Waals surface area contributed by atoms with Crippen molar-refractivity contribution in [3.63, 3.8) is 0 Å². The minimum atomic E-state index is -0.841. The van der Waals surface area contributed by atoms with Crippen LogP contribution in [0.1, 0.15) is 30.2 Å². The lowest BCUT2D eigenvalue weighted by atomic mass is 9.98. The first-order valence-corrected chi connectivity index (χ1v) is 8.35. The molecular formula is C17H19ClO3S. The Hall–Kier alpha value is -1.52. The molecule has 0 aliphatic heterocycles. The van der Waals surface area contributed by atoms with Gasteiger partial charge in [-0.05, 0) is 42.2 Å². The summed E-state index contributed by atoms with van der Waals surface area (Å²) in [6.45, 7) is 4.82. The minimum Gasteiger partial charge on any atom is -0.493 e. The van der Waals surface area contributed by atoms with Gasteiger partial charge in [-0.1, -0.05) is 37.6 Å². The Morgan fingerprint density at radius 1 is 1.32 bits per heavy atom. The number of hydrogen-bond donors (Lipinski definition) is 1. The van der Waals surface area contributed by atoms with E-state index >= 15 is 0 Å². The van der Waals surface area contributed by atoms with E-state index in [0.717, 1.165) is 16.2 Å². The highest BCUT2D eigenvalue weighted by Gasteiger charge is 2.22. The molecule has 1 heterocycles. The van der Waals surface area contributed by atoms with Crippen molar-refractivity contribution in [3.8, 4) is 5.75 Å². The third-order valence-corrected chi connectivity index (χ3v) is 4.50. The van der Waals surface area contributed by atoms with Gasteiger partial charge in [0.05, 0.1) is 16.9 Å². The fraction of sp³-hybridized carbons (Fsp3) is 0.353. The topological polar surface area (TPSA) is 46.5 Å². The van der Waals surface area contributed by atoms with Crippen LogP contribution in [0.25, 0.3) is 0 Å². The smallest absolute Gasteiger partial charge is 0.312 e. The molecule has 0 spiro atoms. The number of carbonyl (C=O) groups is 1. The summed E-state index contributed by atoms with van der Waals surface area (Å²) in [5.74, 6) is -0.201. The highest BCUT2D eigenvalue weighted by Crippen LogP contribution is 2.31. The second kappa shape index (κ2) is 7.65. The second-order valence-corrected chi connectivity index (χ2v) is 7.34. The van der Waals surface area contributed by atoms with Gasteiger partial charge in [0.2, 0.25) is 0 Å². The Balaban J connectivity index is 2.13. The monoisotopic (exact) mass is 338 g/mol. The Morgan fingerprint density at radius 2 is 2.09 bits per heavy atom. The zero-order valence-corrected chi connectivity index (χ0v) is 14.2. The molecule has 1 N–H and O–H groups in total. The maximum atomic E-state index is 11.5. The molecule has 2 aromatic rings. The van der Waals surface area contributed by atoms with E-state index in [4.69, 9.17) is 16.3 Å². The molecule has 0 bridgehead atoms. The Labute approximate surface area is 139 Å². The maximum Gasteiger partial charge on any atom is 0.312 e. The average molecular weight is 339 g/mol. The molecule has 0 amide bonds. The van der Waals surface area contributed by atoms with Crippen molar-refractivity contribution in [3.05, 3.63) is 51.2 Å². The van der Waals surface area contributed by atoms with E-state index in [9.17, 15) is 9.90 Å². The Bertz CT molecular complexity index is 636. The number of carboxylic acids is 1. The SMILES string of the molecule is CC(C)COc1cccc(CC(C(=O)O)c2ccc(Cl)s2)c1. The predicted octanol–water partition coefficient (Wildman–Crippen LogP) is 4.85. The van der Waals surface area contributed by atoms with Crippen LogP contribution in [-0.2, 0) is 11.2 Å². The Morgan fingerprint density at radius 3 is 2.68 bits per heavy atom. The highest BCUT2D eigenvalue weighted by molar-refractivity contribution is 7.16. The number of hydrogen-bond acceptors (Lipinski definition) is 3. The summed E-state index contributed by atoms with van der Waals surface area (Å²) in [6.07, 6.45) is 0.422. The van der Waals surface area contributed by atoms with E-state index in [1.807, 2.05) is 24.3 Å². The zero-order chi connectivity index (χ0) is 16.1. The van der Waals surface area contributed by atoms with Crippen LogP contribution in [0.3, 0.4) is 0 Å². The fourth-order valence-electron chi connectivity index (χ4n) is 2.09. The van der Waals surface area contributed by atoms with Crippen molar-refractivity contribution >= 4 is 28.9 Å². The first-order valence-electron chi connectivity index (χ1n) is 7.15. The average Bonchev–Trinajstić information content (AvgIpc) is 2.89. The van der Waals surface area contributed by atoms with Gasteiger partial charge in [-0.15, -0.1) is 11.3 Å². The van der Waals surface area contributed by atoms with Gasteiger partial charge in [0.1, 0.15) is 5.75 Å². The number of rotatable bonds is 7. The Kier molecular flexibility index (Phi) is 5.86. The summed E-state index contributed by atoms with van der Waals surface area (Å²) in [7, 11) is 0. The number of halogens is 1. The normalized spacial score (nSPS) is 12.4. The van der Waals surface area contributed by atoms with Crippen LogP contribution in [0.5, 0.6) is 5.75 Å². The van der Waals surface area contributed by atoms with Crippen molar-refractivity contribution in [2.24, 2.45) is 5.92 Å². The zero-order valence-electron chi connectivity index (χ0n) is 12.6. The lowest BCUT2D eigenvalue weighted by Gasteiger charge is -2.13. The van der Waals surface area contributed by atoms with E-state index < -0.39 is 11.9 Å². The predicted molar refractivity (Wildman–Crippen MR) is 90.2 cm³/mol.